The summed E-state index contributed by atoms with van der Waals surface area (Å²) < 4.78 is 11.1. The molecule has 1 amide bonds. The normalized spacial score (nSPS) is 19.9. The number of likely N-dealkylation sites (tertiary alicyclic amines) is 1. The van der Waals surface area contributed by atoms with Gasteiger partial charge in [0.2, 0.25) is 0 Å². The molecule has 0 aromatic heterocycles. The number of amides is 1. The lowest BCUT2D eigenvalue weighted by molar-refractivity contribution is -0.140. The molecule has 1 N–H and O–H groups in total. The predicted molar refractivity (Wildman–Crippen MR) is 116 cm³/mol. The van der Waals surface area contributed by atoms with Crippen molar-refractivity contribution >= 4 is 17.4 Å². The maximum Gasteiger partial charge on any atom is 0.295 e. The summed E-state index contributed by atoms with van der Waals surface area (Å²) >= 11 is 0. The number of aliphatic hydroxyl groups is 1. The van der Waals surface area contributed by atoms with Crippen molar-refractivity contribution in [3.8, 4) is 11.5 Å². The molecule has 31 heavy (non-hydrogen) atoms. The molecule has 1 saturated heterocycles. The molecule has 0 bridgehead atoms. The van der Waals surface area contributed by atoms with Gasteiger partial charge in [0, 0.05) is 18.7 Å². The highest BCUT2D eigenvalue weighted by Gasteiger charge is 2.45. The van der Waals surface area contributed by atoms with Crippen LogP contribution < -0.4 is 9.47 Å². The van der Waals surface area contributed by atoms with E-state index in [1.165, 1.54) is 4.90 Å². The number of rotatable bonds is 5. The van der Waals surface area contributed by atoms with Gasteiger partial charge in [-0.15, -0.1) is 0 Å². The number of ketones is 1. The average molecular weight is 422 g/mol. The van der Waals surface area contributed by atoms with Crippen molar-refractivity contribution in [1.29, 1.82) is 0 Å². The zero-order valence-corrected chi connectivity index (χ0v) is 17.9. The fraction of sp³-hybridized carbons (Fsp3) is 0.333. The van der Waals surface area contributed by atoms with Gasteiger partial charge in [0.25, 0.3) is 11.7 Å². The molecule has 0 aliphatic carbocycles. The first kappa shape index (κ1) is 20.9. The van der Waals surface area contributed by atoms with E-state index in [9.17, 15) is 14.7 Å². The molecule has 2 aliphatic rings. The lowest BCUT2D eigenvalue weighted by Crippen LogP contribution is -2.35. The Labute approximate surface area is 181 Å². The van der Waals surface area contributed by atoms with Crippen molar-refractivity contribution in [3.05, 3.63) is 64.7 Å². The monoisotopic (exact) mass is 422 g/mol. The Hall–Kier alpha value is -3.32. The summed E-state index contributed by atoms with van der Waals surface area (Å²) in [6.45, 7) is 3.81. The highest BCUT2D eigenvalue weighted by Crippen LogP contribution is 2.41. The predicted octanol–water partition coefficient (Wildman–Crippen LogP) is 2.75. The summed E-state index contributed by atoms with van der Waals surface area (Å²) in [5, 5.41) is 11.2. The van der Waals surface area contributed by atoms with Crippen LogP contribution in [0, 0.1) is 6.92 Å². The van der Waals surface area contributed by atoms with Crippen molar-refractivity contribution in [3.63, 3.8) is 0 Å². The van der Waals surface area contributed by atoms with E-state index in [0.29, 0.717) is 43.4 Å². The van der Waals surface area contributed by atoms with Gasteiger partial charge in [-0.1, -0.05) is 29.8 Å². The quantitative estimate of drug-likeness (QED) is 0.454. The van der Waals surface area contributed by atoms with Crippen LogP contribution in [-0.2, 0) is 9.59 Å². The number of hydrogen-bond donors (Lipinski definition) is 1. The van der Waals surface area contributed by atoms with Crippen LogP contribution in [0.25, 0.3) is 5.76 Å². The zero-order valence-electron chi connectivity index (χ0n) is 17.9. The molecule has 0 radical (unpaired) electrons. The van der Waals surface area contributed by atoms with Crippen molar-refractivity contribution in [1.82, 2.24) is 9.80 Å². The first-order valence-electron chi connectivity index (χ1n) is 10.3. The van der Waals surface area contributed by atoms with Gasteiger partial charge >= 0.3 is 0 Å². The molecule has 7 heteroatoms. The molecule has 0 saturated carbocycles. The lowest BCUT2D eigenvalue weighted by atomic mass is 9.94. The molecule has 162 valence electrons. The van der Waals surface area contributed by atoms with Crippen LogP contribution in [-0.4, -0.2) is 67.0 Å². The van der Waals surface area contributed by atoms with Crippen molar-refractivity contribution in [2.45, 2.75) is 13.0 Å². The largest absolute Gasteiger partial charge is 0.507 e. The van der Waals surface area contributed by atoms with Gasteiger partial charge in [-0.2, -0.15) is 0 Å². The van der Waals surface area contributed by atoms with Gasteiger partial charge < -0.3 is 24.4 Å². The van der Waals surface area contributed by atoms with E-state index >= 15 is 0 Å². The maximum atomic E-state index is 13.0. The number of carbonyl (C=O) groups excluding carboxylic acids is 2. The number of aliphatic hydroxyl groups excluding tert-OH is 1. The van der Waals surface area contributed by atoms with Crippen molar-refractivity contribution in [2.75, 3.05) is 40.4 Å². The number of ether oxygens (including phenoxy) is 2. The molecule has 1 fully saturated rings. The van der Waals surface area contributed by atoms with E-state index in [0.717, 1.165) is 11.1 Å². The lowest BCUT2D eigenvalue weighted by Gasteiger charge is -2.26. The summed E-state index contributed by atoms with van der Waals surface area (Å²) in [4.78, 5) is 29.4. The Morgan fingerprint density at radius 2 is 1.74 bits per heavy atom. The SMILES string of the molecule is Cc1ccc([C@@H]2/C(=C(\O)c3ccc4c(c3)OCCO4)C(=O)C(=O)N2CCN(C)C)cc1. The number of nitrogens with zero attached hydrogens (tertiary/aromatic N) is 2. The van der Waals surface area contributed by atoms with Crippen LogP contribution in [0.15, 0.2) is 48.0 Å². The second-order valence-electron chi connectivity index (χ2n) is 8.06. The highest BCUT2D eigenvalue weighted by molar-refractivity contribution is 6.46. The Balaban J connectivity index is 1.81. The van der Waals surface area contributed by atoms with Crippen LogP contribution in [0.3, 0.4) is 0 Å². The van der Waals surface area contributed by atoms with E-state index in [1.807, 2.05) is 50.2 Å². The average Bonchev–Trinajstić information content (AvgIpc) is 3.02. The van der Waals surface area contributed by atoms with Crippen molar-refractivity contribution in [2.24, 2.45) is 0 Å². The fourth-order valence-electron chi connectivity index (χ4n) is 3.86. The molecule has 4 rings (SSSR count). The van der Waals surface area contributed by atoms with Gasteiger partial charge in [0.05, 0.1) is 11.6 Å². The van der Waals surface area contributed by atoms with Gasteiger partial charge in [-0.25, -0.2) is 0 Å². The van der Waals surface area contributed by atoms with E-state index in [4.69, 9.17) is 9.47 Å². The number of hydrogen-bond acceptors (Lipinski definition) is 6. The van der Waals surface area contributed by atoms with Gasteiger partial charge in [-0.05, 0) is 44.8 Å². The highest BCUT2D eigenvalue weighted by atomic mass is 16.6. The number of likely N-dealkylation sites (N-methyl/N-ethyl adjacent to an activating group) is 1. The molecule has 2 aromatic rings. The Kier molecular flexibility index (Phi) is 5.69. The minimum atomic E-state index is -0.684. The summed E-state index contributed by atoms with van der Waals surface area (Å²) in [7, 11) is 3.82. The van der Waals surface area contributed by atoms with Crippen LogP contribution >= 0.6 is 0 Å². The number of benzene rings is 2. The molecule has 2 heterocycles. The molecule has 2 aliphatic heterocycles. The van der Waals surface area contributed by atoms with Crippen LogP contribution in [0.4, 0.5) is 0 Å². The first-order valence-corrected chi connectivity index (χ1v) is 10.3. The number of fused-ring (bicyclic) bond motifs is 1. The molecule has 2 aromatic carbocycles. The van der Waals surface area contributed by atoms with Crippen LogP contribution in [0.2, 0.25) is 0 Å². The maximum absolute atomic E-state index is 13.0. The van der Waals surface area contributed by atoms with Crippen LogP contribution in [0.5, 0.6) is 11.5 Å². The number of Topliss-reactive ketones (excluding diaryl/α,β-unsaturated/α-hetero) is 1. The minimum absolute atomic E-state index is 0.0873. The number of carbonyl (C=O) groups is 2. The second-order valence-corrected chi connectivity index (χ2v) is 8.06. The molecule has 0 unspecified atom stereocenters. The van der Waals surface area contributed by atoms with Gasteiger partial charge in [0.15, 0.2) is 11.5 Å². The smallest absolute Gasteiger partial charge is 0.295 e. The second kappa shape index (κ2) is 8.43. The Morgan fingerprint density at radius 1 is 1.06 bits per heavy atom. The third kappa shape index (κ3) is 4.01. The molecule has 1 atom stereocenters. The zero-order chi connectivity index (χ0) is 22.1. The molecular formula is C24H26N2O5. The topological polar surface area (TPSA) is 79.3 Å². The summed E-state index contributed by atoms with van der Waals surface area (Å²) in [6.07, 6.45) is 0. The molecule has 0 spiro atoms. The molecule has 7 nitrogen and oxygen atoms in total. The first-order chi connectivity index (χ1) is 14.9. The molecular weight excluding hydrogens is 396 g/mol. The minimum Gasteiger partial charge on any atom is -0.507 e. The third-order valence-corrected chi connectivity index (χ3v) is 5.54. The van der Waals surface area contributed by atoms with Gasteiger partial charge in [-0.3, -0.25) is 9.59 Å². The van der Waals surface area contributed by atoms with E-state index in [1.54, 1.807) is 18.2 Å². The standard InChI is InChI=1S/C24H26N2O5/c1-15-4-6-16(7-5-15)21-20(23(28)24(29)26(21)11-10-25(2)3)22(27)17-8-9-18-19(14-17)31-13-12-30-18/h4-9,14,21,27H,10-13H2,1-3H3/b22-20+/t21-/m1/s1. The van der Waals surface area contributed by atoms with E-state index < -0.39 is 17.7 Å². The summed E-state index contributed by atoms with van der Waals surface area (Å²) in [5.41, 5.74) is 2.35. The fourth-order valence-corrected chi connectivity index (χ4v) is 3.86. The summed E-state index contributed by atoms with van der Waals surface area (Å²) in [5.74, 6) is -0.412. The third-order valence-electron chi connectivity index (χ3n) is 5.54. The van der Waals surface area contributed by atoms with E-state index in [2.05, 4.69) is 0 Å². The summed E-state index contributed by atoms with van der Waals surface area (Å²) in [6, 6.07) is 12.0. The van der Waals surface area contributed by atoms with E-state index in [-0.39, 0.29) is 11.3 Å². The van der Waals surface area contributed by atoms with Gasteiger partial charge in [0.1, 0.15) is 19.0 Å². The Morgan fingerprint density at radius 3 is 2.42 bits per heavy atom. The van der Waals surface area contributed by atoms with Crippen molar-refractivity contribution < 1.29 is 24.2 Å². The van der Waals surface area contributed by atoms with Crippen LogP contribution in [0.1, 0.15) is 22.7 Å². The Bertz CT molecular complexity index is 1040. The number of aryl methyl sites for hydroxylation is 1.